The predicted octanol–water partition coefficient (Wildman–Crippen LogP) is 2.50. The summed E-state index contributed by atoms with van der Waals surface area (Å²) >= 11 is 5.81. The molecule has 1 aromatic rings. The van der Waals surface area contributed by atoms with E-state index in [9.17, 15) is 4.79 Å². The minimum Gasteiger partial charge on any atom is -0.323 e. The molecule has 0 aromatic carbocycles. The highest BCUT2D eigenvalue weighted by Gasteiger charge is 2.27. The van der Waals surface area contributed by atoms with Crippen LogP contribution in [0.15, 0.2) is 12.3 Å². The van der Waals surface area contributed by atoms with E-state index in [1.807, 2.05) is 13.8 Å². The van der Waals surface area contributed by atoms with Crippen LogP contribution in [0.25, 0.3) is 0 Å². The molecule has 94 valence electrons. The molecule has 1 atom stereocenters. The average molecular weight is 256 g/mol. The number of amides is 1. The van der Waals surface area contributed by atoms with Crippen LogP contribution in [-0.2, 0) is 4.79 Å². The number of halogens is 1. The molecule has 0 saturated carbocycles. The van der Waals surface area contributed by atoms with Gasteiger partial charge in [-0.3, -0.25) is 4.79 Å². The van der Waals surface area contributed by atoms with Gasteiger partial charge in [-0.05, 0) is 31.9 Å². The minimum atomic E-state index is -0.859. The lowest BCUT2D eigenvalue weighted by molar-refractivity contribution is -0.120. The molecule has 0 spiro atoms. The third-order valence-corrected chi connectivity index (χ3v) is 2.96. The molecule has 0 aliphatic carbocycles. The van der Waals surface area contributed by atoms with Gasteiger partial charge in [0.05, 0.1) is 17.4 Å². The van der Waals surface area contributed by atoms with Crippen molar-refractivity contribution < 1.29 is 4.79 Å². The largest absolute Gasteiger partial charge is 0.323 e. The lowest BCUT2D eigenvalue weighted by Crippen LogP contribution is -2.48. The molecule has 0 bridgehead atoms. The SMILES string of the molecule is CCCC(C)(N)C(=O)Nc1cnc(Cl)c(C)c1. The Labute approximate surface area is 107 Å². The molecule has 0 aliphatic rings. The van der Waals surface area contributed by atoms with Gasteiger partial charge in [0.1, 0.15) is 5.15 Å². The van der Waals surface area contributed by atoms with Gasteiger partial charge in [-0.2, -0.15) is 0 Å². The third kappa shape index (κ3) is 3.68. The van der Waals surface area contributed by atoms with E-state index in [-0.39, 0.29) is 5.91 Å². The van der Waals surface area contributed by atoms with Crippen LogP contribution < -0.4 is 11.1 Å². The zero-order valence-corrected chi connectivity index (χ0v) is 11.1. The van der Waals surface area contributed by atoms with Crippen LogP contribution in [0.2, 0.25) is 5.15 Å². The molecule has 4 nitrogen and oxygen atoms in total. The van der Waals surface area contributed by atoms with Crippen molar-refractivity contribution in [2.24, 2.45) is 5.73 Å². The Kier molecular flexibility index (Phi) is 4.48. The van der Waals surface area contributed by atoms with E-state index in [0.29, 0.717) is 17.3 Å². The lowest BCUT2D eigenvalue weighted by atomic mass is 9.96. The Morgan fingerprint density at radius 3 is 2.82 bits per heavy atom. The highest BCUT2D eigenvalue weighted by Crippen LogP contribution is 2.18. The number of pyridine rings is 1. The topological polar surface area (TPSA) is 68.0 Å². The molecule has 3 N–H and O–H groups in total. The molecule has 0 radical (unpaired) electrons. The molecule has 1 unspecified atom stereocenters. The first-order chi connectivity index (χ1) is 7.86. The van der Waals surface area contributed by atoms with E-state index < -0.39 is 5.54 Å². The number of hydrogen-bond acceptors (Lipinski definition) is 3. The van der Waals surface area contributed by atoms with Crippen LogP contribution in [0.3, 0.4) is 0 Å². The summed E-state index contributed by atoms with van der Waals surface area (Å²) in [6, 6.07) is 1.77. The zero-order chi connectivity index (χ0) is 13.1. The van der Waals surface area contributed by atoms with Gasteiger partial charge in [-0.25, -0.2) is 4.98 Å². The minimum absolute atomic E-state index is 0.206. The van der Waals surface area contributed by atoms with Crippen LogP contribution in [-0.4, -0.2) is 16.4 Å². The maximum Gasteiger partial charge on any atom is 0.244 e. The van der Waals surface area contributed by atoms with Gasteiger partial charge in [0, 0.05) is 0 Å². The van der Waals surface area contributed by atoms with Crippen molar-refractivity contribution in [3.05, 3.63) is 23.0 Å². The number of nitrogens with two attached hydrogens (primary N) is 1. The van der Waals surface area contributed by atoms with Gasteiger partial charge < -0.3 is 11.1 Å². The summed E-state index contributed by atoms with van der Waals surface area (Å²) in [6.07, 6.45) is 3.02. The van der Waals surface area contributed by atoms with Crippen LogP contribution >= 0.6 is 11.6 Å². The van der Waals surface area contributed by atoms with Crippen molar-refractivity contribution >= 4 is 23.2 Å². The number of hydrogen-bond donors (Lipinski definition) is 2. The summed E-state index contributed by atoms with van der Waals surface area (Å²) in [5.74, 6) is -0.206. The Bertz CT molecular complexity index is 418. The fourth-order valence-corrected chi connectivity index (χ4v) is 1.64. The Hall–Kier alpha value is -1.13. The number of aromatic nitrogens is 1. The summed E-state index contributed by atoms with van der Waals surface area (Å²) < 4.78 is 0. The fourth-order valence-electron chi connectivity index (χ4n) is 1.53. The standard InChI is InChI=1S/C12H18ClN3O/c1-4-5-12(3,14)11(17)16-9-6-8(2)10(13)15-7-9/h6-7H,4-5,14H2,1-3H3,(H,16,17). The second-order valence-corrected chi connectivity index (χ2v) is 4.81. The van der Waals surface area contributed by atoms with E-state index in [2.05, 4.69) is 10.3 Å². The number of nitrogens with one attached hydrogen (secondary N) is 1. The van der Waals surface area contributed by atoms with Crippen LogP contribution in [0.4, 0.5) is 5.69 Å². The zero-order valence-electron chi connectivity index (χ0n) is 10.4. The Balaban J connectivity index is 2.77. The van der Waals surface area contributed by atoms with Crippen molar-refractivity contribution in [3.63, 3.8) is 0 Å². The maximum atomic E-state index is 11.9. The number of nitrogens with zero attached hydrogens (tertiary/aromatic N) is 1. The lowest BCUT2D eigenvalue weighted by Gasteiger charge is -2.22. The van der Waals surface area contributed by atoms with Gasteiger partial charge >= 0.3 is 0 Å². The van der Waals surface area contributed by atoms with E-state index in [4.69, 9.17) is 17.3 Å². The summed E-state index contributed by atoms with van der Waals surface area (Å²) in [5.41, 5.74) is 6.50. The number of carbonyl (C=O) groups excluding carboxylic acids is 1. The second-order valence-electron chi connectivity index (χ2n) is 4.45. The normalized spacial score (nSPS) is 14.2. The summed E-state index contributed by atoms with van der Waals surface area (Å²) in [6.45, 7) is 5.55. The molecule has 1 heterocycles. The molecule has 1 amide bonds. The van der Waals surface area contributed by atoms with E-state index >= 15 is 0 Å². The molecule has 1 rings (SSSR count). The molecular formula is C12H18ClN3O. The van der Waals surface area contributed by atoms with E-state index in [1.54, 1.807) is 13.0 Å². The first-order valence-electron chi connectivity index (χ1n) is 5.59. The van der Waals surface area contributed by atoms with Crippen molar-refractivity contribution in [1.29, 1.82) is 0 Å². The van der Waals surface area contributed by atoms with Gasteiger partial charge in [0.25, 0.3) is 0 Å². The van der Waals surface area contributed by atoms with Crippen LogP contribution in [0, 0.1) is 6.92 Å². The van der Waals surface area contributed by atoms with Crippen molar-refractivity contribution in [3.8, 4) is 0 Å². The quantitative estimate of drug-likeness (QED) is 0.813. The molecule has 17 heavy (non-hydrogen) atoms. The van der Waals surface area contributed by atoms with E-state index in [0.717, 1.165) is 12.0 Å². The Morgan fingerprint density at radius 2 is 2.29 bits per heavy atom. The third-order valence-electron chi connectivity index (χ3n) is 2.56. The fraction of sp³-hybridized carbons (Fsp3) is 0.500. The maximum absolute atomic E-state index is 11.9. The number of anilines is 1. The Morgan fingerprint density at radius 1 is 1.65 bits per heavy atom. The average Bonchev–Trinajstić information content (AvgIpc) is 2.23. The molecule has 5 heteroatoms. The molecule has 0 aliphatic heterocycles. The first kappa shape index (κ1) is 13.9. The summed E-state index contributed by atoms with van der Waals surface area (Å²) in [4.78, 5) is 15.9. The first-order valence-corrected chi connectivity index (χ1v) is 5.97. The number of rotatable bonds is 4. The van der Waals surface area contributed by atoms with Gasteiger partial charge in [0.2, 0.25) is 5.91 Å². The molecule has 1 aromatic heterocycles. The number of carbonyl (C=O) groups is 1. The highest BCUT2D eigenvalue weighted by atomic mass is 35.5. The van der Waals surface area contributed by atoms with Gasteiger partial charge in [-0.15, -0.1) is 0 Å². The van der Waals surface area contributed by atoms with Crippen molar-refractivity contribution in [2.45, 2.75) is 39.2 Å². The number of aryl methyl sites for hydroxylation is 1. The van der Waals surface area contributed by atoms with Crippen molar-refractivity contribution in [1.82, 2.24) is 4.98 Å². The highest BCUT2D eigenvalue weighted by molar-refractivity contribution is 6.30. The van der Waals surface area contributed by atoms with Gasteiger partial charge in [-0.1, -0.05) is 24.9 Å². The van der Waals surface area contributed by atoms with Crippen LogP contribution in [0.5, 0.6) is 0 Å². The summed E-state index contributed by atoms with van der Waals surface area (Å²) in [7, 11) is 0. The molecule has 0 saturated heterocycles. The second kappa shape index (κ2) is 5.47. The van der Waals surface area contributed by atoms with Gasteiger partial charge in [0.15, 0.2) is 0 Å². The monoisotopic (exact) mass is 255 g/mol. The smallest absolute Gasteiger partial charge is 0.244 e. The van der Waals surface area contributed by atoms with Crippen molar-refractivity contribution in [2.75, 3.05) is 5.32 Å². The predicted molar refractivity (Wildman–Crippen MR) is 70.1 cm³/mol. The molecular weight excluding hydrogens is 238 g/mol. The molecule has 0 fully saturated rings. The van der Waals surface area contributed by atoms with Crippen LogP contribution in [0.1, 0.15) is 32.3 Å². The summed E-state index contributed by atoms with van der Waals surface area (Å²) in [5, 5.41) is 3.19. The van der Waals surface area contributed by atoms with E-state index in [1.165, 1.54) is 6.20 Å².